The lowest BCUT2D eigenvalue weighted by atomic mass is 10.1. The van der Waals surface area contributed by atoms with Gasteiger partial charge in [-0.2, -0.15) is 0 Å². The van der Waals surface area contributed by atoms with Crippen LogP contribution in [0.15, 0.2) is 24.5 Å². The third kappa shape index (κ3) is 1.42. The van der Waals surface area contributed by atoms with Gasteiger partial charge in [0.15, 0.2) is 5.65 Å². The number of likely N-dealkylation sites (N-methyl/N-ethyl adjacent to an activating group) is 1. The summed E-state index contributed by atoms with van der Waals surface area (Å²) in [5.74, 6) is 0. The van der Waals surface area contributed by atoms with Crippen molar-refractivity contribution in [2.45, 2.75) is 6.54 Å². The fourth-order valence-corrected chi connectivity index (χ4v) is 2.22. The Morgan fingerprint density at radius 3 is 3.25 bits per heavy atom. The second-order valence-electron chi connectivity index (χ2n) is 4.10. The molecule has 82 valence electrons. The van der Waals surface area contributed by atoms with Crippen molar-refractivity contribution >= 4 is 16.7 Å². The Hall–Kier alpha value is -1.68. The van der Waals surface area contributed by atoms with Gasteiger partial charge in [0, 0.05) is 50.0 Å². The summed E-state index contributed by atoms with van der Waals surface area (Å²) >= 11 is 0. The summed E-state index contributed by atoms with van der Waals surface area (Å²) in [5, 5.41) is 4.54. The van der Waals surface area contributed by atoms with E-state index in [0.717, 1.165) is 30.7 Å². The molecular formula is C12H14N4. The number of hydrogen-bond acceptors (Lipinski definition) is 4. The predicted octanol–water partition coefficient (Wildman–Crippen LogP) is 1.17. The van der Waals surface area contributed by atoms with Gasteiger partial charge in [-0.3, -0.25) is 0 Å². The van der Waals surface area contributed by atoms with Gasteiger partial charge in [-0.1, -0.05) is 0 Å². The Kier molecular flexibility index (Phi) is 2.22. The van der Waals surface area contributed by atoms with Crippen LogP contribution in [-0.4, -0.2) is 30.1 Å². The van der Waals surface area contributed by atoms with E-state index in [9.17, 15) is 0 Å². The Bertz CT molecular complexity index is 523. The third-order valence-corrected chi connectivity index (χ3v) is 3.01. The first kappa shape index (κ1) is 9.54. The van der Waals surface area contributed by atoms with E-state index in [-0.39, 0.29) is 0 Å². The molecule has 0 unspecified atom stereocenters. The SMILES string of the molecule is CN1CCNCc2cnc3ncccc3c21. The number of fused-ring (bicyclic) bond motifs is 3. The minimum Gasteiger partial charge on any atom is -0.372 e. The first-order chi connectivity index (χ1) is 7.86. The maximum Gasteiger partial charge on any atom is 0.161 e. The number of anilines is 1. The number of hydrogen-bond donors (Lipinski definition) is 1. The molecule has 0 fully saturated rings. The molecule has 1 N–H and O–H groups in total. The minimum atomic E-state index is 0.829. The van der Waals surface area contributed by atoms with Crippen molar-refractivity contribution in [1.29, 1.82) is 0 Å². The summed E-state index contributed by atoms with van der Waals surface area (Å²) in [4.78, 5) is 11.0. The van der Waals surface area contributed by atoms with Crippen LogP contribution in [0.5, 0.6) is 0 Å². The van der Waals surface area contributed by atoms with Crippen molar-refractivity contribution in [3.63, 3.8) is 0 Å². The molecule has 2 aromatic heterocycles. The van der Waals surface area contributed by atoms with Crippen LogP contribution >= 0.6 is 0 Å². The van der Waals surface area contributed by atoms with E-state index in [0.29, 0.717) is 0 Å². The standard InChI is InChI=1S/C12H14N4/c1-16-6-5-13-7-9-8-15-12-10(11(9)16)3-2-4-14-12/h2-4,8,13H,5-7H2,1H3. The lowest BCUT2D eigenvalue weighted by molar-refractivity contribution is 0.706. The third-order valence-electron chi connectivity index (χ3n) is 3.01. The smallest absolute Gasteiger partial charge is 0.161 e. The predicted molar refractivity (Wildman–Crippen MR) is 64.5 cm³/mol. The summed E-state index contributed by atoms with van der Waals surface area (Å²) in [5.41, 5.74) is 3.35. The highest BCUT2D eigenvalue weighted by atomic mass is 15.1. The zero-order valence-electron chi connectivity index (χ0n) is 9.27. The normalized spacial score (nSPS) is 15.9. The summed E-state index contributed by atoms with van der Waals surface area (Å²) in [6.07, 6.45) is 3.72. The zero-order chi connectivity index (χ0) is 11.0. The topological polar surface area (TPSA) is 41.0 Å². The molecule has 4 heteroatoms. The summed E-state index contributed by atoms with van der Waals surface area (Å²) in [6, 6.07) is 4.06. The summed E-state index contributed by atoms with van der Waals surface area (Å²) < 4.78 is 0. The number of aromatic nitrogens is 2. The Morgan fingerprint density at radius 1 is 1.38 bits per heavy atom. The van der Waals surface area contributed by atoms with E-state index < -0.39 is 0 Å². The van der Waals surface area contributed by atoms with Crippen LogP contribution in [0, 0.1) is 0 Å². The molecule has 0 saturated carbocycles. The van der Waals surface area contributed by atoms with Crippen LogP contribution in [0.2, 0.25) is 0 Å². The highest BCUT2D eigenvalue weighted by Crippen LogP contribution is 2.28. The number of rotatable bonds is 0. The highest BCUT2D eigenvalue weighted by Gasteiger charge is 2.15. The maximum atomic E-state index is 4.39. The second-order valence-corrected chi connectivity index (χ2v) is 4.10. The van der Waals surface area contributed by atoms with Crippen molar-refractivity contribution in [3.05, 3.63) is 30.1 Å². The fraction of sp³-hybridized carbons (Fsp3) is 0.333. The molecule has 2 aromatic rings. The number of nitrogens with one attached hydrogen (secondary N) is 1. The molecule has 3 rings (SSSR count). The molecule has 3 heterocycles. The molecule has 0 amide bonds. The van der Waals surface area contributed by atoms with Gasteiger partial charge in [0.2, 0.25) is 0 Å². The molecule has 0 aliphatic carbocycles. The molecule has 1 aliphatic rings. The molecule has 16 heavy (non-hydrogen) atoms. The molecule has 0 saturated heterocycles. The second kappa shape index (κ2) is 3.72. The molecule has 0 radical (unpaired) electrons. The number of nitrogens with zero attached hydrogens (tertiary/aromatic N) is 3. The fourth-order valence-electron chi connectivity index (χ4n) is 2.22. The van der Waals surface area contributed by atoms with E-state index in [4.69, 9.17) is 0 Å². The van der Waals surface area contributed by atoms with Crippen molar-refractivity contribution in [1.82, 2.24) is 15.3 Å². The molecule has 0 aromatic carbocycles. The molecule has 0 bridgehead atoms. The molecule has 1 aliphatic heterocycles. The van der Waals surface area contributed by atoms with Gasteiger partial charge >= 0.3 is 0 Å². The van der Waals surface area contributed by atoms with E-state index >= 15 is 0 Å². The zero-order valence-corrected chi connectivity index (χ0v) is 9.27. The molecule has 4 nitrogen and oxygen atoms in total. The van der Waals surface area contributed by atoms with E-state index in [1.165, 1.54) is 11.3 Å². The van der Waals surface area contributed by atoms with Gasteiger partial charge in [-0.05, 0) is 12.1 Å². The number of pyridine rings is 2. The maximum absolute atomic E-state index is 4.39. The van der Waals surface area contributed by atoms with Gasteiger partial charge in [-0.15, -0.1) is 0 Å². The van der Waals surface area contributed by atoms with Crippen LogP contribution in [0.3, 0.4) is 0 Å². The van der Waals surface area contributed by atoms with Crippen LogP contribution in [0.1, 0.15) is 5.56 Å². The van der Waals surface area contributed by atoms with Crippen LogP contribution < -0.4 is 10.2 Å². The average molecular weight is 214 g/mol. The Labute approximate surface area is 94.3 Å². The van der Waals surface area contributed by atoms with Crippen molar-refractivity contribution in [2.24, 2.45) is 0 Å². The average Bonchev–Trinajstić information content (AvgIpc) is 2.51. The first-order valence-electron chi connectivity index (χ1n) is 5.51. The molecule has 0 atom stereocenters. The van der Waals surface area contributed by atoms with Crippen LogP contribution in [0.25, 0.3) is 11.0 Å². The monoisotopic (exact) mass is 214 g/mol. The highest BCUT2D eigenvalue weighted by molar-refractivity contribution is 5.91. The van der Waals surface area contributed by atoms with Crippen LogP contribution in [-0.2, 0) is 6.54 Å². The van der Waals surface area contributed by atoms with E-state index in [1.54, 1.807) is 6.20 Å². The van der Waals surface area contributed by atoms with Crippen molar-refractivity contribution in [2.75, 3.05) is 25.0 Å². The minimum absolute atomic E-state index is 0.829. The van der Waals surface area contributed by atoms with Gasteiger partial charge in [-0.25, -0.2) is 9.97 Å². The van der Waals surface area contributed by atoms with Crippen molar-refractivity contribution in [3.8, 4) is 0 Å². The summed E-state index contributed by atoms with van der Waals surface area (Å²) in [6.45, 7) is 2.91. The van der Waals surface area contributed by atoms with Gasteiger partial charge in [0.25, 0.3) is 0 Å². The molecular weight excluding hydrogens is 200 g/mol. The van der Waals surface area contributed by atoms with E-state index in [2.05, 4.69) is 33.3 Å². The van der Waals surface area contributed by atoms with Gasteiger partial charge in [0.1, 0.15) is 0 Å². The van der Waals surface area contributed by atoms with E-state index in [1.807, 2.05) is 12.3 Å². The molecule has 0 spiro atoms. The van der Waals surface area contributed by atoms with Gasteiger partial charge < -0.3 is 10.2 Å². The first-order valence-corrected chi connectivity index (χ1v) is 5.51. The quantitative estimate of drug-likeness (QED) is 0.714. The lowest BCUT2D eigenvalue weighted by Crippen LogP contribution is -2.24. The Morgan fingerprint density at radius 2 is 2.31 bits per heavy atom. The van der Waals surface area contributed by atoms with Crippen LogP contribution in [0.4, 0.5) is 5.69 Å². The largest absolute Gasteiger partial charge is 0.372 e. The Balaban J connectivity index is 2.30. The summed E-state index contributed by atoms with van der Waals surface area (Å²) in [7, 11) is 2.12. The lowest BCUT2D eigenvalue weighted by Gasteiger charge is -2.20. The van der Waals surface area contributed by atoms with Crippen molar-refractivity contribution < 1.29 is 0 Å². The van der Waals surface area contributed by atoms with Gasteiger partial charge in [0.05, 0.1) is 5.69 Å².